The molecule has 0 aromatic heterocycles. The van der Waals surface area contributed by atoms with Crippen LogP contribution in [0.3, 0.4) is 0 Å². The molecule has 0 aromatic rings. The second-order valence-electron chi connectivity index (χ2n) is 17.7. The van der Waals surface area contributed by atoms with Gasteiger partial charge in [0.05, 0.1) is 0 Å². The maximum atomic E-state index is 12.8. The van der Waals surface area contributed by atoms with Gasteiger partial charge >= 0.3 is 17.9 Å². The average Bonchev–Trinajstić information content (AvgIpc) is 3.31. The Balaban J connectivity index is 4.53. The Morgan fingerprint density at radius 3 is 1.05 bits per heavy atom. The van der Waals surface area contributed by atoms with E-state index in [4.69, 9.17) is 14.2 Å². The van der Waals surface area contributed by atoms with Crippen LogP contribution < -0.4 is 0 Å². The van der Waals surface area contributed by atoms with Crippen LogP contribution >= 0.6 is 0 Å². The molecule has 0 N–H and O–H groups in total. The monoisotopic (exact) mass is 917 g/mol. The molecule has 0 rings (SSSR count). The molecule has 0 aliphatic carbocycles. The SMILES string of the molecule is CC/C=C\C/C=C\C/C=C\C/C=C\C/C=C\C/C=C\CCC(=O)OCC(COC(=O)CCCCC/C=C\CCCCCCCCC)OC(=O)CCCCCCCCC/C=C\CCCCCC. The van der Waals surface area contributed by atoms with E-state index in [1.807, 2.05) is 6.08 Å². The number of ether oxygens (including phenoxy) is 3. The third kappa shape index (κ3) is 51.3. The van der Waals surface area contributed by atoms with Crippen molar-refractivity contribution in [2.24, 2.45) is 0 Å². The lowest BCUT2D eigenvalue weighted by Crippen LogP contribution is -2.30. The molecule has 0 radical (unpaired) electrons. The summed E-state index contributed by atoms with van der Waals surface area (Å²) in [7, 11) is 0. The third-order valence-corrected chi connectivity index (χ3v) is 11.3. The number of hydrogen-bond donors (Lipinski definition) is 0. The number of unbranched alkanes of at least 4 members (excludes halogenated alkanes) is 21. The Bertz CT molecular complexity index is 1330. The van der Waals surface area contributed by atoms with Gasteiger partial charge in [-0.2, -0.15) is 0 Å². The number of carbonyl (C=O) groups excluding carboxylic acids is 3. The summed E-state index contributed by atoms with van der Waals surface area (Å²) in [6, 6.07) is 0. The van der Waals surface area contributed by atoms with E-state index in [1.165, 1.54) is 109 Å². The zero-order chi connectivity index (χ0) is 47.9. The number of allylic oxidation sites excluding steroid dienone is 16. The molecule has 0 saturated carbocycles. The van der Waals surface area contributed by atoms with Crippen molar-refractivity contribution in [2.75, 3.05) is 13.2 Å². The Labute approximate surface area is 407 Å². The predicted molar refractivity (Wildman–Crippen MR) is 284 cm³/mol. The second-order valence-corrected chi connectivity index (χ2v) is 17.7. The van der Waals surface area contributed by atoms with Gasteiger partial charge in [0.25, 0.3) is 0 Å². The molecule has 1 unspecified atom stereocenters. The molecule has 0 heterocycles. The predicted octanol–water partition coefficient (Wildman–Crippen LogP) is 18.1. The molecular formula is C60H100O6. The minimum atomic E-state index is -0.817. The first kappa shape index (κ1) is 62.3. The van der Waals surface area contributed by atoms with Crippen molar-refractivity contribution >= 4 is 17.9 Å². The summed E-state index contributed by atoms with van der Waals surface area (Å²) in [5.74, 6) is -1.02. The van der Waals surface area contributed by atoms with E-state index in [0.29, 0.717) is 19.3 Å². The highest BCUT2D eigenvalue weighted by Crippen LogP contribution is 2.14. The number of hydrogen-bond acceptors (Lipinski definition) is 6. The van der Waals surface area contributed by atoms with Crippen molar-refractivity contribution in [3.63, 3.8) is 0 Å². The van der Waals surface area contributed by atoms with Gasteiger partial charge in [-0.05, 0) is 109 Å². The van der Waals surface area contributed by atoms with Crippen LogP contribution in [0.5, 0.6) is 0 Å². The summed E-state index contributed by atoms with van der Waals surface area (Å²) in [6.07, 6.45) is 71.2. The van der Waals surface area contributed by atoms with Crippen LogP contribution in [0.4, 0.5) is 0 Å². The average molecular weight is 917 g/mol. The smallest absolute Gasteiger partial charge is 0.306 e. The van der Waals surface area contributed by atoms with Crippen LogP contribution in [0.15, 0.2) is 97.2 Å². The van der Waals surface area contributed by atoms with Crippen molar-refractivity contribution in [2.45, 2.75) is 252 Å². The van der Waals surface area contributed by atoms with E-state index < -0.39 is 6.10 Å². The summed E-state index contributed by atoms with van der Waals surface area (Å²) >= 11 is 0. The van der Waals surface area contributed by atoms with Crippen molar-refractivity contribution < 1.29 is 28.6 Å². The van der Waals surface area contributed by atoms with Crippen molar-refractivity contribution in [3.8, 4) is 0 Å². The van der Waals surface area contributed by atoms with E-state index in [2.05, 4.69) is 112 Å². The lowest BCUT2D eigenvalue weighted by Gasteiger charge is -2.18. The molecule has 0 aromatic carbocycles. The highest BCUT2D eigenvalue weighted by molar-refractivity contribution is 5.71. The van der Waals surface area contributed by atoms with Gasteiger partial charge in [0, 0.05) is 19.3 Å². The topological polar surface area (TPSA) is 78.9 Å². The van der Waals surface area contributed by atoms with Crippen LogP contribution in [-0.2, 0) is 28.6 Å². The molecule has 376 valence electrons. The largest absolute Gasteiger partial charge is 0.462 e. The van der Waals surface area contributed by atoms with Crippen LogP contribution in [0.2, 0.25) is 0 Å². The molecule has 0 spiro atoms. The Kier molecular flexibility index (Phi) is 50.9. The Morgan fingerprint density at radius 2 is 0.621 bits per heavy atom. The van der Waals surface area contributed by atoms with Gasteiger partial charge in [-0.25, -0.2) is 0 Å². The zero-order valence-electron chi connectivity index (χ0n) is 42.9. The van der Waals surface area contributed by atoms with Crippen LogP contribution in [0.1, 0.15) is 245 Å². The van der Waals surface area contributed by atoms with Gasteiger partial charge < -0.3 is 14.2 Å². The first-order valence-electron chi connectivity index (χ1n) is 27.2. The molecule has 0 aliphatic heterocycles. The van der Waals surface area contributed by atoms with Gasteiger partial charge in [0.2, 0.25) is 0 Å². The van der Waals surface area contributed by atoms with Gasteiger partial charge in [0.1, 0.15) is 13.2 Å². The van der Waals surface area contributed by atoms with E-state index in [9.17, 15) is 14.4 Å². The van der Waals surface area contributed by atoms with Gasteiger partial charge in [-0.3, -0.25) is 14.4 Å². The van der Waals surface area contributed by atoms with Crippen molar-refractivity contribution in [1.29, 1.82) is 0 Å². The van der Waals surface area contributed by atoms with Gasteiger partial charge in [-0.15, -0.1) is 0 Å². The van der Waals surface area contributed by atoms with Crippen LogP contribution in [0, 0.1) is 0 Å². The summed E-state index contributed by atoms with van der Waals surface area (Å²) in [4.78, 5) is 38.0. The maximum Gasteiger partial charge on any atom is 0.306 e. The van der Waals surface area contributed by atoms with E-state index in [-0.39, 0.29) is 37.5 Å². The fourth-order valence-corrected chi connectivity index (χ4v) is 7.22. The van der Waals surface area contributed by atoms with Crippen molar-refractivity contribution in [1.82, 2.24) is 0 Å². The van der Waals surface area contributed by atoms with Gasteiger partial charge in [-0.1, -0.05) is 214 Å². The Hall–Kier alpha value is -3.67. The summed E-state index contributed by atoms with van der Waals surface area (Å²) in [5, 5.41) is 0. The van der Waals surface area contributed by atoms with Gasteiger partial charge in [0.15, 0.2) is 6.10 Å². The molecule has 0 bridgehead atoms. The molecule has 1 atom stereocenters. The normalized spacial score (nSPS) is 12.8. The fourth-order valence-electron chi connectivity index (χ4n) is 7.22. The molecule has 0 saturated heterocycles. The molecule has 66 heavy (non-hydrogen) atoms. The number of carbonyl (C=O) groups is 3. The summed E-state index contributed by atoms with van der Waals surface area (Å²) in [5.41, 5.74) is 0. The highest BCUT2D eigenvalue weighted by atomic mass is 16.6. The number of esters is 3. The van der Waals surface area contributed by atoms with E-state index in [1.54, 1.807) is 0 Å². The van der Waals surface area contributed by atoms with Crippen molar-refractivity contribution in [3.05, 3.63) is 97.2 Å². The first-order chi connectivity index (χ1) is 32.5. The highest BCUT2D eigenvalue weighted by Gasteiger charge is 2.19. The molecular weight excluding hydrogens is 817 g/mol. The quantitative estimate of drug-likeness (QED) is 0.0262. The lowest BCUT2D eigenvalue weighted by atomic mass is 10.1. The summed E-state index contributed by atoms with van der Waals surface area (Å²) < 4.78 is 16.7. The van der Waals surface area contributed by atoms with E-state index in [0.717, 1.165) is 89.9 Å². The Morgan fingerprint density at radius 1 is 0.318 bits per heavy atom. The first-order valence-corrected chi connectivity index (χ1v) is 27.2. The number of rotatable bonds is 48. The second kappa shape index (κ2) is 53.9. The molecule has 0 amide bonds. The standard InChI is InChI=1S/C60H100O6/c1-4-7-10-13-16-19-22-25-28-29-30-31-33-35-38-41-44-47-50-53-59(62)65-56-57(55-64-58(61)52-49-46-43-40-37-34-27-24-21-18-15-12-9-6-3)66-60(63)54-51-48-45-42-39-36-32-26-23-20-17-14-11-8-5-2/h7,10,16,19-20,23,25,28,30-31,34-35,37-38,44,47,57H,4-6,8-9,11-15,17-18,21-22,24,26-27,29,32-33,36,39-43,45-46,48-56H2,1-3H3/b10-7-,19-16-,23-20-,28-25-,31-30-,37-34-,38-35-,47-44-. The van der Waals surface area contributed by atoms with Crippen LogP contribution in [0.25, 0.3) is 0 Å². The van der Waals surface area contributed by atoms with Crippen LogP contribution in [-0.4, -0.2) is 37.2 Å². The molecule has 6 heteroatoms. The minimum Gasteiger partial charge on any atom is -0.462 e. The molecule has 6 nitrogen and oxygen atoms in total. The zero-order valence-corrected chi connectivity index (χ0v) is 42.9. The molecule has 0 fully saturated rings. The third-order valence-electron chi connectivity index (χ3n) is 11.3. The van der Waals surface area contributed by atoms with E-state index >= 15 is 0 Å². The lowest BCUT2D eigenvalue weighted by molar-refractivity contribution is -0.166. The summed E-state index contributed by atoms with van der Waals surface area (Å²) in [6.45, 7) is 6.42. The minimum absolute atomic E-state index is 0.111. The molecule has 0 aliphatic rings. The fraction of sp³-hybridized carbons (Fsp3) is 0.683. The maximum absolute atomic E-state index is 12.8.